The van der Waals surface area contributed by atoms with Crippen molar-refractivity contribution in [3.63, 3.8) is 0 Å². The Morgan fingerprint density at radius 2 is 1.76 bits per heavy atom. The van der Waals surface area contributed by atoms with E-state index in [1.165, 1.54) is 12.1 Å². The molecule has 0 spiro atoms. The molecule has 0 aliphatic carbocycles. The molecule has 3 N–H and O–H groups in total. The third kappa shape index (κ3) is 4.57. The number of nitrogens with two attached hydrogens (primary N) is 1. The van der Waals surface area contributed by atoms with Crippen LogP contribution in [-0.2, 0) is 0 Å². The van der Waals surface area contributed by atoms with E-state index in [4.69, 9.17) is 5.73 Å². The molecule has 7 heteroatoms. The summed E-state index contributed by atoms with van der Waals surface area (Å²) in [7, 11) is 0. The highest BCUT2D eigenvalue weighted by molar-refractivity contribution is 5.31. The molecule has 0 saturated heterocycles. The summed E-state index contributed by atoms with van der Waals surface area (Å²) in [5.74, 6) is -0.436. The molecule has 0 aliphatic rings. The van der Waals surface area contributed by atoms with Gasteiger partial charge in [0.1, 0.15) is 5.75 Å². The lowest BCUT2D eigenvalue weighted by Crippen LogP contribution is -2.37. The smallest absolute Gasteiger partial charge is 0.428 e. The van der Waals surface area contributed by atoms with Crippen LogP contribution in [-0.4, -0.2) is 23.7 Å². The second kappa shape index (κ2) is 6.19. The number of alkyl halides is 4. The number of hydrogen-bond donors (Lipinski definition) is 2. The summed E-state index contributed by atoms with van der Waals surface area (Å²) in [6.07, 6.45) is -9.45. The van der Waals surface area contributed by atoms with Gasteiger partial charge in [-0.15, -0.1) is 0 Å². The zero-order valence-corrected chi connectivity index (χ0v) is 12.0. The molecule has 1 aromatic carbocycles. The molecule has 0 bridgehead atoms. The Labute approximate surface area is 120 Å². The van der Waals surface area contributed by atoms with Crippen molar-refractivity contribution >= 4 is 0 Å². The first-order chi connectivity index (χ1) is 9.45. The van der Waals surface area contributed by atoms with Crippen molar-refractivity contribution in [2.45, 2.75) is 45.5 Å². The van der Waals surface area contributed by atoms with Gasteiger partial charge in [0.15, 0.2) is 0 Å². The van der Waals surface area contributed by atoms with Gasteiger partial charge in [-0.25, -0.2) is 0 Å². The lowest BCUT2D eigenvalue weighted by molar-refractivity contribution is -0.253. The van der Waals surface area contributed by atoms with Crippen LogP contribution in [0, 0.1) is 5.41 Å². The monoisotopic (exact) mass is 309 g/mol. The standard InChI is InChI=1S/C14H19F4NO2/c1-13(2,3)11(20)10(19)8-5-4-6-9(7-8)21-14(17,18)12(15)16/h4-7,10-12,20H,19H2,1-3H3/t10-,11-/m0/s1. The van der Waals surface area contributed by atoms with Gasteiger partial charge < -0.3 is 15.6 Å². The van der Waals surface area contributed by atoms with Crippen molar-refractivity contribution in [2.75, 3.05) is 0 Å². The second-order valence-electron chi connectivity index (χ2n) is 5.87. The molecular formula is C14H19F4NO2. The zero-order chi connectivity index (χ0) is 16.4. The van der Waals surface area contributed by atoms with Gasteiger partial charge in [0.05, 0.1) is 12.1 Å². The minimum atomic E-state index is -4.58. The number of ether oxygens (including phenoxy) is 1. The van der Waals surface area contributed by atoms with Crippen molar-refractivity contribution in [3.05, 3.63) is 29.8 Å². The van der Waals surface area contributed by atoms with Crippen molar-refractivity contribution in [1.29, 1.82) is 0 Å². The number of hydrogen-bond acceptors (Lipinski definition) is 3. The molecule has 21 heavy (non-hydrogen) atoms. The van der Waals surface area contributed by atoms with Gasteiger partial charge in [-0.2, -0.15) is 17.6 Å². The second-order valence-corrected chi connectivity index (χ2v) is 5.87. The van der Waals surface area contributed by atoms with Gasteiger partial charge in [-0.1, -0.05) is 32.9 Å². The maximum absolute atomic E-state index is 12.9. The van der Waals surface area contributed by atoms with E-state index in [-0.39, 0.29) is 0 Å². The van der Waals surface area contributed by atoms with E-state index in [2.05, 4.69) is 4.74 Å². The molecule has 1 aromatic rings. The summed E-state index contributed by atoms with van der Waals surface area (Å²) in [6.45, 7) is 5.30. The van der Waals surface area contributed by atoms with Crippen molar-refractivity contribution < 1.29 is 27.4 Å². The summed E-state index contributed by atoms with van der Waals surface area (Å²) in [5, 5.41) is 10.1. The van der Waals surface area contributed by atoms with Crippen LogP contribution in [0.2, 0.25) is 0 Å². The van der Waals surface area contributed by atoms with Crippen LogP contribution in [0.1, 0.15) is 32.4 Å². The molecule has 0 heterocycles. The summed E-state index contributed by atoms with van der Waals surface area (Å²) in [4.78, 5) is 0. The Bertz CT molecular complexity index is 474. The van der Waals surface area contributed by atoms with E-state index < -0.39 is 35.8 Å². The Hall–Kier alpha value is -1.34. The van der Waals surface area contributed by atoms with Crippen LogP contribution in [0.3, 0.4) is 0 Å². The van der Waals surface area contributed by atoms with Crippen LogP contribution in [0.15, 0.2) is 24.3 Å². The van der Waals surface area contributed by atoms with Crippen LogP contribution >= 0.6 is 0 Å². The molecule has 0 amide bonds. The van der Waals surface area contributed by atoms with Crippen molar-refractivity contribution in [2.24, 2.45) is 11.1 Å². The van der Waals surface area contributed by atoms with Crippen LogP contribution in [0.5, 0.6) is 5.75 Å². The van der Waals surface area contributed by atoms with E-state index in [9.17, 15) is 22.7 Å². The Morgan fingerprint density at radius 1 is 1.19 bits per heavy atom. The summed E-state index contributed by atoms with van der Waals surface area (Å²) < 4.78 is 53.9. The zero-order valence-electron chi connectivity index (χ0n) is 12.0. The highest BCUT2D eigenvalue weighted by Gasteiger charge is 2.44. The van der Waals surface area contributed by atoms with Gasteiger partial charge in [0.2, 0.25) is 0 Å². The SMILES string of the molecule is CC(C)(C)[C@@H](O)[C@@H](N)c1cccc(OC(F)(F)C(F)F)c1. The van der Waals surface area contributed by atoms with Gasteiger partial charge >= 0.3 is 12.5 Å². The topological polar surface area (TPSA) is 55.5 Å². The maximum atomic E-state index is 12.9. The first kappa shape index (κ1) is 17.7. The molecular weight excluding hydrogens is 290 g/mol. The van der Waals surface area contributed by atoms with Gasteiger partial charge in [-0.05, 0) is 23.1 Å². The van der Waals surface area contributed by atoms with E-state index in [1.54, 1.807) is 20.8 Å². The third-order valence-electron chi connectivity index (χ3n) is 2.98. The molecule has 0 radical (unpaired) electrons. The molecule has 2 atom stereocenters. The molecule has 0 saturated carbocycles. The van der Waals surface area contributed by atoms with Crippen LogP contribution in [0.4, 0.5) is 17.6 Å². The van der Waals surface area contributed by atoms with Crippen LogP contribution in [0.25, 0.3) is 0 Å². The van der Waals surface area contributed by atoms with Gasteiger partial charge in [0.25, 0.3) is 0 Å². The van der Waals surface area contributed by atoms with E-state index in [1.807, 2.05) is 0 Å². The molecule has 3 nitrogen and oxygen atoms in total. The van der Waals surface area contributed by atoms with Gasteiger partial charge in [-0.3, -0.25) is 0 Å². The van der Waals surface area contributed by atoms with Crippen LogP contribution < -0.4 is 10.5 Å². The minimum absolute atomic E-state index is 0.319. The van der Waals surface area contributed by atoms with E-state index >= 15 is 0 Å². The number of halogens is 4. The first-order valence-electron chi connectivity index (χ1n) is 6.33. The fraction of sp³-hybridized carbons (Fsp3) is 0.571. The predicted octanol–water partition coefficient (Wildman–Crippen LogP) is 3.33. The maximum Gasteiger partial charge on any atom is 0.461 e. The normalized spacial score (nSPS) is 15.9. The fourth-order valence-corrected chi connectivity index (χ4v) is 1.71. The summed E-state index contributed by atoms with van der Waals surface area (Å²) in [6, 6.07) is 4.24. The van der Waals surface area contributed by atoms with Gasteiger partial charge in [0, 0.05) is 0 Å². The Balaban J connectivity index is 2.96. The third-order valence-corrected chi connectivity index (χ3v) is 2.98. The minimum Gasteiger partial charge on any atom is -0.428 e. The Morgan fingerprint density at radius 3 is 2.24 bits per heavy atom. The molecule has 120 valence electrons. The lowest BCUT2D eigenvalue weighted by Gasteiger charge is -2.31. The quantitative estimate of drug-likeness (QED) is 0.820. The average Bonchev–Trinajstić information content (AvgIpc) is 2.35. The lowest BCUT2D eigenvalue weighted by atomic mass is 9.82. The molecule has 0 aliphatic heterocycles. The fourth-order valence-electron chi connectivity index (χ4n) is 1.71. The summed E-state index contributed by atoms with van der Waals surface area (Å²) in [5.41, 5.74) is 5.67. The average molecular weight is 309 g/mol. The molecule has 0 aromatic heterocycles. The molecule has 0 unspecified atom stereocenters. The molecule has 0 fully saturated rings. The predicted molar refractivity (Wildman–Crippen MR) is 70.4 cm³/mol. The summed E-state index contributed by atoms with van der Waals surface area (Å²) >= 11 is 0. The first-order valence-corrected chi connectivity index (χ1v) is 6.33. The van der Waals surface area contributed by atoms with Crippen molar-refractivity contribution in [1.82, 2.24) is 0 Å². The van der Waals surface area contributed by atoms with E-state index in [0.717, 1.165) is 12.1 Å². The number of rotatable bonds is 5. The number of benzene rings is 1. The Kier molecular flexibility index (Phi) is 5.22. The number of aliphatic hydroxyl groups excluding tert-OH is 1. The number of aliphatic hydroxyl groups is 1. The largest absolute Gasteiger partial charge is 0.461 e. The van der Waals surface area contributed by atoms with E-state index in [0.29, 0.717) is 5.56 Å². The highest BCUT2D eigenvalue weighted by Crippen LogP contribution is 2.32. The highest BCUT2D eigenvalue weighted by atomic mass is 19.3. The van der Waals surface area contributed by atoms with Crippen molar-refractivity contribution in [3.8, 4) is 5.75 Å². The molecule has 1 rings (SSSR count).